The lowest BCUT2D eigenvalue weighted by molar-refractivity contribution is -0.131. The van der Waals surface area contributed by atoms with Crippen LogP contribution in [-0.2, 0) is 4.79 Å². The van der Waals surface area contributed by atoms with Gasteiger partial charge in [-0.15, -0.1) is 0 Å². The lowest BCUT2D eigenvalue weighted by atomic mass is 10.0. The van der Waals surface area contributed by atoms with E-state index in [0.717, 1.165) is 5.56 Å². The molecule has 0 aromatic heterocycles. The van der Waals surface area contributed by atoms with Gasteiger partial charge in [0, 0.05) is 12.3 Å². The zero-order valence-corrected chi connectivity index (χ0v) is 10.5. The van der Waals surface area contributed by atoms with Crippen LogP contribution >= 0.6 is 0 Å². The Kier molecular flexibility index (Phi) is 3.10. The summed E-state index contributed by atoms with van der Waals surface area (Å²) in [6.45, 7) is 3.20. The average Bonchev–Trinajstić information content (AvgIpc) is 2.29. The SMILES string of the molecule is COc1ccc(OC(C)=O)c2cc(C)cc(O)c12. The van der Waals surface area contributed by atoms with E-state index in [1.807, 2.05) is 13.0 Å². The van der Waals surface area contributed by atoms with Gasteiger partial charge in [-0.3, -0.25) is 4.79 Å². The monoisotopic (exact) mass is 246 g/mol. The largest absolute Gasteiger partial charge is 0.507 e. The standard InChI is InChI=1S/C14H14O4/c1-8-6-10-12(18-9(2)15)4-5-13(17-3)14(10)11(16)7-8/h4-7,16H,1-3H3. The van der Waals surface area contributed by atoms with E-state index in [9.17, 15) is 9.90 Å². The van der Waals surface area contributed by atoms with E-state index >= 15 is 0 Å². The Morgan fingerprint density at radius 3 is 2.50 bits per heavy atom. The number of benzene rings is 2. The van der Waals surface area contributed by atoms with Crippen LogP contribution in [0.15, 0.2) is 24.3 Å². The third-order valence-electron chi connectivity index (χ3n) is 2.63. The zero-order valence-electron chi connectivity index (χ0n) is 10.5. The summed E-state index contributed by atoms with van der Waals surface area (Å²) in [6.07, 6.45) is 0. The highest BCUT2D eigenvalue weighted by Crippen LogP contribution is 2.39. The number of methoxy groups -OCH3 is 1. The Labute approximate surface area is 105 Å². The number of fused-ring (bicyclic) bond motifs is 1. The molecule has 0 saturated carbocycles. The number of carbonyl (C=O) groups excluding carboxylic acids is 1. The Hall–Kier alpha value is -2.23. The highest BCUT2D eigenvalue weighted by Gasteiger charge is 2.13. The maximum atomic E-state index is 11.1. The minimum atomic E-state index is -0.400. The van der Waals surface area contributed by atoms with Gasteiger partial charge in [-0.1, -0.05) is 0 Å². The van der Waals surface area contributed by atoms with E-state index in [4.69, 9.17) is 9.47 Å². The summed E-state index contributed by atoms with van der Waals surface area (Å²) in [5, 5.41) is 11.2. The number of phenols is 1. The molecule has 0 radical (unpaired) electrons. The number of phenolic OH excluding ortho intramolecular Hbond substituents is 1. The molecule has 0 saturated heterocycles. The highest BCUT2D eigenvalue weighted by molar-refractivity contribution is 5.99. The molecule has 1 N–H and O–H groups in total. The Bertz CT molecular complexity index is 617. The number of hydrogen-bond donors (Lipinski definition) is 1. The van der Waals surface area contributed by atoms with E-state index < -0.39 is 5.97 Å². The molecule has 0 spiro atoms. The van der Waals surface area contributed by atoms with E-state index in [1.165, 1.54) is 14.0 Å². The van der Waals surface area contributed by atoms with Gasteiger partial charge >= 0.3 is 5.97 Å². The second-order valence-electron chi connectivity index (χ2n) is 4.07. The second kappa shape index (κ2) is 4.56. The first kappa shape index (κ1) is 12.2. The average molecular weight is 246 g/mol. The van der Waals surface area contributed by atoms with Crippen molar-refractivity contribution in [2.24, 2.45) is 0 Å². The third-order valence-corrected chi connectivity index (χ3v) is 2.63. The summed E-state index contributed by atoms with van der Waals surface area (Å²) in [4.78, 5) is 11.1. The maximum Gasteiger partial charge on any atom is 0.308 e. The summed E-state index contributed by atoms with van der Waals surface area (Å²) in [7, 11) is 1.53. The number of rotatable bonds is 2. The van der Waals surface area contributed by atoms with Crippen LogP contribution in [0.5, 0.6) is 17.2 Å². The molecule has 4 nitrogen and oxygen atoms in total. The maximum absolute atomic E-state index is 11.1. The van der Waals surface area contributed by atoms with Crippen LogP contribution < -0.4 is 9.47 Å². The number of hydrogen-bond acceptors (Lipinski definition) is 4. The van der Waals surface area contributed by atoms with Crippen LogP contribution in [0.3, 0.4) is 0 Å². The van der Waals surface area contributed by atoms with Gasteiger partial charge in [0.2, 0.25) is 0 Å². The molecular weight excluding hydrogens is 232 g/mol. The Balaban J connectivity index is 2.79. The molecular formula is C14H14O4. The van der Waals surface area contributed by atoms with E-state index in [0.29, 0.717) is 22.3 Å². The first-order chi connectivity index (χ1) is 8.52. The van der Waals surface area contributed by atoms with Crippen molar-refractivity contribution >= 4 is 16.7 Å². The van der Waals surface area contributed by atoms with Crippen molar-refractivity contribution in [1.82, 2.24) is 0 Å². The van der Waals surface area contributed by atoms with Crippen LogP contribution in [0.4, 0.5) is 0 Å². The molecule has 4 heteroatoms. The number of aromatic hydroxyl groups is 1. The molecule has 0 fully saturated rings. The summed E-state index contributed by atoms with van der Waals surface area (Å²) < 4.78 is 10.3. The molecule has 2 aromatic rings. The van der Waals surface area contributed by atoms with Crippen LogP contribution in [0.1, 0.15) is 12.5 Å². The van der Waals surface area contributed by atoms with E-state index in [2.05, 4.69) is 0 Å². The van der Waals surface area contributed by atoms with Crippen LogP contribution in [-0.4, -0.2) is 18.2 Å². The Morgan fingerprint density at radius 2 is 1.89 bits per heavy atom. The highest BCUT2D eigenvalue weighted by atomic mass is 16.5. The van der Waals surface area contributed by atoms with Gasteiger partial charge in [0.1, 0.15) is 17.2 Å². The van der Waals surface area contributed by atoms with Gasteiger partial charge in [0.25, 0.3) is 0 Å². The molecule has 0 unspecified atom stereocenters. The molecule has 2 aromatic carbocycles. The van der Waals surface area contributed by atoms with Crippen LogP contribution in [0.2, 0.25) is 0 Å². The molecule has 0 amide bonds. The van der Waals surface area contributed by atoms with Crippen LogP contribution in [0.25, 0.3) is 10.8 Å². The molecule has 0 heterocycles. The molecule has 0 bridgehead atoms. The van der Waals surface area contributed by atoms with E-state index in [-0.39, 0.29) is 5.75 Å². The van der Waals surface area contributed by atoms with Crippen molar-refractivity contribution in [3.63, 3.8) is 0 Å². The van der Waals surface area contributed by atoms with Gasteiger partial charge in [-0.25, -0.2) is 0 Å². The lowest BCUT2D eigenvalue weighted by Gasteiger charge is -2.12. The zero-order chi connectivity index (χ0) is 13.3. The fraction of sp³-hybridized carbons (Fsp3) is 0.214. The van der Waals surface area contributed by atoms with Crippen molar-refractivity contribution in [2.75, 3.05) is 7.11 Å². The predicted molar refractivity (Wildman–Crippen MR) is 68.2 cm³/mol. The van der Waals surface area contributed by atoms with Crippen molar-refractivity contribution in [3.05, 3.63) is 29.8 Å². The molecule has 94 valence electrons. The van der Waals surface area contributed by atoms with Crippen molar-refractivity contribution in [3.8, 4) is 17.2 Å². The quantitative estimate of drug-likeness (QED) is 0.654. The van der Waals surface area contributed by atoms with Gasteiger partial charge < -0.3 is 14.6 Å². The smallest absolute Gasteiger partial charge is 0.308 e. The lowest BCUT2D eigenvalue weighted by Crippen LogP contribution is -2.02. The molecule has 0 aliphatic rings. The third kappa shape index (κ3) is 2.09. The van der Waals surface area contributed by atoms with Gasteiger partial charge in [-0.05, 0) is 36.8 Å². The second-order valence-corrected chi connectivity index (χ2v) is 4.07. The number of carbonyl (C=O) groups is 1. The first-order valence-corrected chi connectivity index (χ1v) is 5.51. The summed E-state index contributed by atoms with van der Waals surface area (Å²) in [5.41, 5.74) is 0.877. The Morgan fingerprint density at radius 1 is 1.22 bits per heavy atom. The minimum absolute atomic E-state index is 0.107. The fourth-order valence-electron chi connectivity index (χ4n) is 1.96. The van der Waals surface area contributed by atoms with Crippen molar-refractivity contribution in [1.29, 1.82) is 0 Å². The first-order valence-electron chi connectivity index (χ1n) is 5.51. The molecule has 0 aliphatic heterocycles. The van der Waals surface area contributed by atoms with Crippen LogP contribution in [0, 0.1) is 6.92 Å². The summed E-state index contributed by atoms with van der Waals surface area (Å²) >= 11 is 0. The summed E-state index contributed by atoms with van der Waals surface area (Å²) in [6, 6.07) is 6.80. The molecule has 2 rings (SSSR count). The molecule has 0 aliphatic carbocycles. The predicted octanol–water partition coefficient (Wildman–Crippen LogP) is 2.79. The topological polar surface area (TPSA) is 55.8 Å². The van der Waals surface area contributed by atoms with Gasteiger partial charge in [0.05, 0.1) is 12.5 Å². The van der Waals surface area contributed by atoms with Crippen molar-refractivity contribution in [2.45, 2.75) is 13.8 Å². The van der Waals surface area contributed by atoms with Crippen molar-refractivity contribution < 1.29 is 19.4 Å². The minimum Gasteiger partial charge on any atom is -0.507 e. The normalized spacial score (nSPS) is 10.4. The van der Waals surface area contributed by atoms with Gasteiger partial charge in [0.15, 0.2) is 0 Å². The van der Waals surface area contributed by atoms with Gasteiger partial charge in [-0.2, -0.15) is 0 Å². The summed E-state index contributed by atoms with van der Waals surface area (Å²) in [5.74, 6) is 0.661. The number of esters is 1. The van der Waals surface area contributed by atoms with E-state index in [1.54, 1.807) is 18.2 Å². The molecule has 18 heavy (non-hydrogen) atoms. The number of ether oxygens (including phenoxy) is 2. The fourth-order valence-corrected chi connectivity index (χ4v) is 1.96. The number of aryl methyl sites for hydroxylation is 1. The molecule has 0 atom stereocenters.